The summed E-state index contributed by atoms with van der Waals surface area (Å²) in [5.41, 5.74) is 0.120. The van der Waals surface area contributed by atoms with E-state index >= 15 is 0 Å². The second-order valence-electron chi connectivity index (χ2n) is 5.48. The van der Waals surface area contributed by atoms with Gasteiger partial charge in [0.15, 0.2) is 5.60 Å². The molecule has 0 spiro atoms. The smallest absolute Gasteiger partial charge is 0.263 e. The van der Waals surface area contributed by atoms with E-state index in [2.05, 4.69) is 13.8 Å². The van der Waals surface area contributed by atoms with Gasteiger partial charge in [0.05, 0.1) is 0 Å². The van der Waals surface area contributed by atoms with Crippen molar-refractivity contribution in [3.05, 3.63) is 23.4 Å². The van der Waals surface area contributed by atoms with Gasteiger partial charge in [0.25, 0.3) is 5.91 Å². The fourth-order valence-electron chi connectivity index (χ4n) is 2.24. The van der Waals surface area contributed by atoms with Crippen molar-refractivity contribution in [2.24, 2.45) is 5.92 Å². The van der Waals surface area contributed by atoms with Crippen molar-refractivity contribution < 1.29 is 14.6 Å². The molecule has 1 rings (SSSR count). The first-order valence-electron chi connectivity index (χ1n) is 6.75. The van der Waals surface area contributed by atoms with E-state index in [1.165, 1.54) is 0 Å². The fraction of sp³-hybridized carbons (Fsp3) is 0.667. The van der Waals surface area contributed by atoms with Crippen LogP contribution in [0.2, 0.25) is 0 Å². The largest absolute Gasteiger partial charge is 0.385 e. The molecule has 1 unspecified atom stereocenters. The van der Waals surface area contributed by atoms with E-state index in [1.54, 1.807) is 18.9 Å². The van der Waals surface area contributed by atoms with Gasteiger partial charge >= 0.3 is 0 Å². The number of allylic oxidation sites excluding steroid dienone is 2. The van der Waals surface area contributed by atoms with Gasteiger partial charge < -0.3 is 14.7 Å². The molecule has 1 heterocycles. The number of hydrogen-bond acceptors (Lipinski definition) is 3. The Balaban J connectivity index is 2.94. The third-order valence-corrected chi connectivity index (χ3v) is 3.36. The molecule has 1 amide bonds. The number of carbonyl (C=O) groups excluding carboxylic acids is 1. The molecule has 19 heavy (non-hydrogen) atoms. The summed E-state index contributed by atoms with van der Waals surface area (Å²) in [6, 6.07) is 0. The first-order chi connectivity index (χ1) is 8.82. The predicted molar refractivity (Wildman–Crippen MR) is 75.5 cm³/mol. The molecule has 0 aromatic heterocycles. The maximum Gasteiger partial charge on any atom is 0.263 e. The Morgan fingerprint density at radius 3 is 2.63 bits per heavy atom. The zero-order valence-electron chi connectivity index (χ0n) is 12.6. The summed E-state index contributed by atoms with van der Waals surface area (Å²) in [5, 5.41) is 10.4. The molecule has 0 radical (unpaired) electrons. The van der Waals surface area contributed by atoms with Gasteiger partial charge in [-0.1, -0.05) is 26.0 Å². The zero-order valence-corrected chi connectivity index (χ0v) is 12.6. The monoisotopic (exact) mass is 267 g/mol. The molecule has 4 nitrogen and oxygen atoms in total. The second-order valence-corrected chi connectivity index (χ2v) is 5.48. The SMILES string of the molecule is COCCCN1C(=O)C(C)(O)C(/C=C\C(C)C)=C1C. The molecule has 0 saturated heterocycles. The van der Waals surface area contributed by atoms with Gasteiger partial charge in [-0.2, -0.15) is 0 Å². The van der Waals surface area contributed by atoms with Crippen molar-refractivity contribution in [2.75, 3.05) is 20.3 Å². The number of ether oxygens (including phenoxy) is 1. The van der Waals surface area contributed by atoms with Crippen molar-refractivity contribution in [2.45, 2.75) is 39.7 Å². The highest BCUT2D eigenvalue weighted by Gasteiger charge is 2.45. The molecule has 108 valence electrons. The molecular formula is C15H25NO3. The normalized spacial score (nSPS) is 24.4. The quantitative estimate of drug-likeness (QED) is 0.750. The van der Waals surface area contributed by atoms with E-state index in [1.807, 2.05) is 19.1 Å². The lowest BCUT2D eigenvalue weighted by molar-refractivity contribution is -0.140. The number of carbonyl (C=O) groups is 1. The van der Waals surface area contributed by atoms with Crippen molar-refractivity contribution in [3.8, 4) is 0 Å². The van der Waals surface area contributed by atoms with E-state index in [0.717, 1.165) is 12.1 Å². The maximum atomic E-state index is 12.2. The Morgan fingerprint density at radius 2 is 2.11 bits per heavy atom. The van der Waals surface area contributed by atoms with Crippen LogP contribution in [0.1, 0.15) is 34.1 Å². The van der Waals surface area contributed by atoms with Crippen LogP contribution in [0.15, 0.2) is 23.4 Å². The van der Waals surface area contributed by atoms with Gasteiger partial charge in [-0.3, -0.25) is 4.79 Å². The van der Waals surface area contributed by atoms with Crippen LogP contribution < -0.4 is 0 Å². The highest BCUT2D eigenvalue weighted by Crippen LogP contribution is 2.34. The van der Waals surface area contributed by atoms with Crippen LogP contribution in [0.25, 0.3) is 0 Å². The number of rotatable bonds is 6. The molecule has 0 aliphatic carbocycles. The topological polar surface area (TPSA) is 49.8 Å². The summed E-state index contributed by atoms with van der Waals surface area (Å²) >= 11 is 0. The molecule has 0 fully saturated rings. The lowest BCUT2D eigenvalue weighted by Gasteiger charge is -2.21. The summed E-state index contributed by atoms with van der Waals surface area (Å²) in [7, 11) is 1.64. The van der Waals surface area contributed by atoms with Crippen LogP contribution >= 0.6 is 0 Å². The molecule has 0 aromatic carbocycles. The number of hydrogen-bond donors (Lipinski definition) is 1. The van der Waals surface area contributed by atoms with E-state index in [0.29, 0.717) is 24.6 Å². The molecule has 0 bridgehead atoms. The number of aliphatic hydroxyl groups is 1. The van der Waals surface area contributed by atoms with Crippen LogP contribution in [-0.4, -0.2) is 41.8 Å². The number of nitrogens with zero attached hydrogens (tertiary/aromatic N) is 1. The minimum atomic E-state index is -1.41. The lowest BCUT2D eigenvalue weighted by Crippen LogP contribution is -2.40. The summed E-state index contributed by atoms with van der Waals surface area (Å²) in [4.78, 5) is 13.9. The van der Waals surface area contributed by atoms with Crippen molar-refractivity contribution in [3.63, 3.8) is 0 Å². The van der Waals surface area contributed by atoms with Gasteiger partial charge in [-0.15, -0.1) is 0 Å². The third kappa shape index (κ3) is 3.45. The van der Waals surface area contributed by atoms with Crippen LogP contribution in [0, 0.1) is 5.92 Å². The first kappa shape index (κ1) is 15.9. The van der Waals surface area contributed by atoms with Gasteiger partial charge in [-0.25, -0.2) is 0 Å². The molecule has 1 N–H and O–H groups in total. The summed E-state index contributed by atoms with van der Waals surface area (Å²) in [6.07, 6.45) is 4.63. The predicted octanol–water partition coefficient (Wildman–Crippen LogP) is 2.10. The zero-order chi connectivity index (χ0) is 14.6. The Hall–Kier alpha value is -1.13. The first-order valence-corrected chi connectivity index (χ1v) is 6.75. The standard InChI is InChI=1S/C15H25NO3/c1-11(2)7-8-13-12(3)16(9-6-10-19-5)14(17)15(13,4)18/h7-8,11,18H,6,9-10H2,1-5H3/b8-7-. The second kappa shape index (κ2) is 6.35. The van der Waals surface area contributed by atoms with Gasteiger partial charge in [0.1, 0.15) is 0 Å². The average Bonchev–Trinajstić information content (AvgIpc) is 2.47. The molecule has 0 saturated carbocycles. The summed E-state index contributed by atoms with van der Waals surface area (Å²) in [6.45, 7) is 8.76. The maximum absolute atomic E-state index is 12.2. The third-order valence-electron chi connectivity index (χ3n) is 3.36. The van der Waals surface area contributed by atoms with Gasteiger partial charge in [0.2, 0.25) is 0 Å². The minimum Gasteiger partial charge on any atom is -0.385 e. The molecule has 0 aromatic rings. The fourth-order valence-corrected chi connectivity index (χ4v) is 2.24. The number of amides is 1. The van der Waals surface area contributed by atoms with Crippen LogP contribution in [0.3, 0.4) is 0 Å². The van der Waals surface area contributed by atoms with E-state index in [4.69, 9.17) is 4.74 Å². The molecule has 4 heteroatoms. The summed E-state index contributed by atoms with van der Waals surface area (Å²) in [5.74, 6) is 0.137. The Kier molecular flexibility index (Phi) is 5.32. The van der Waals surface area contributed by atoms with E-state index < -0.39 is 5.60 Å². The summed E-state index contributed by atoms with van der Waals surface area (Å²) < 4.78 is 5.00. The van der Waals surface area contributed by atoms with Crippen LogP contribution in [0.5, 0.6) is 0 Å². The minimum absolute atomic E-state index is 0.246. The number of methoxy groups -OCH3 is 1. The van der Waals surface area contributed by atoms with E-state index in [-0.39, 0.29) is 5.91 Å². The molecule has 1 atom stereocenters. The molecule has 1 aliphatic heterocycles. The Bertz CT molecular complexity index is 394. The van der Waals surface area contributed by atoms with Crippen molar-refractivity contribution in [1.82, 2.24) is 4.90 Å². The van der Waals surface area contributed by atoms with Crippen LogP contribution in [-0.2, 0) is 9.53 Å². The average molecular weight is 267 g/mol. The highest BCUT2D eigenvalue weighted by atomic mass is 16.5. The molecular weight excluding hydrogens is 242 g/mol. The Labute approximate surface area is 115 Å². The lowest BCUT2D eigenvalue weighted by atomic mass is 9.96. The van der Waals surface area contributed by atoms with Gasteiger partial charge in [0, 0.05) is 31.5 Å². The van der Waals surface area contributed by atoms with Crippen molar-refractivity contribution >= 4 is 5.91 Å². The van der Waals surface area contributed by atoms with Crippen LogP contribution in [0.4, 0.5) is 0 Å². The Morgan fingerprint density at radius 1 is 1.47 bits per heavy atom. The van der Waals surface area contributed by atoms with Crippen molar-refractivity contribution in [1.29, 1.82) is 0 Å². The van der Waals surface area contributed by atoms with E-state index in [9.17, 15) is 9.90 Å². The molecule has 1 aliphatic rings. The van der Waals surface area contributed by atoms with Gasteiger partial charge in [-0.05, 0) is 26.2 Å². The highest BCUT2D eigenvalue weighted by molar-refractivity contribution is 5.94.